The summed E-state index contributed by atoms with van der Waals surface area (Å²) in [5.41, 5.74) is -0.270. The quantitative estimate of drug-likeness (QED) is 0.393. The smallest absolute Gasteiger partial charge is 0.345 e. The van der Waals surface area contributed by atoms with Gasteiger partial charge in [-0.25, -0.2) is 4.79 Å². The van der Waals surface area contributed by atoms with E-state index in [-0.39, 0.29) is 29.4 Å². The molecular weight excluding hydrogens is 358 g/mol. The van der Waals surface area contributed by atoms with E-state index in [1.807, 2.05) is 0 Å². The van der Waals surface area contributed by atoms with E-state index in [0.717, 1.165) is 0 Å². The fraction of sp³-hybridized carbons (Fsp3) is 0.278. The van der Waals surface area contributed by atoms with Gasteiger partial charge in [-0.1, -0.05) is 18.2 Å². The molecule has 0 amide bonds. The predicted octanol–water partition coefficient (Wildman–Crippen LogP) is 2.99. The largest absolute Gasteiger partial charge is 0.496 e. The fourth-order valence-electron chi connectivity index (χ4n) is 2.52. The highest BCUT2D eigenvalue weighted by Crippen LogP contribution is 2.46. The second-order valence-corrected chi connectivity index (χ2v) is 5.19. The second-order valence-electron chi connectivity index (χ2n) is 5.19. The lowest BCUT2D eigenvalue weighted by molar-refractivity contribution is -0.386. The summed E-state index contributed by atoms with van der Waals surface area (Å²) >= 11 is 0. The molecular formula is C18H19NO8. The Labute approximate surface area is 155 Å². The summed E-state index contributed by atoms with van der Waals surface area (Å²) in [6.07, 6.45) is 0. The van der Waals surface area contributed by atoms with Crippen LogP contribution in [0.5, 0.6) is 23.0 Å². The van der Waals surface area contributed by atoms with Crippen molar-refractivity contribution in [2.75, 3.05) is 28.4 Å². The lowest BCUT2D eigenvalue weighted by Gasteiger charge is -2.15. The Morgan fingerprint density at radius 3 is 2.15 bits per heavy atom. The third-order valence-electron chi connectivity index (χ3n) is 3.76. The highest BCUT2D eigenvalue weighted by atomic mass is 16.6. The van der Waals surface area contributed by atoms with Crippen LogP contribution < -0.4 is 18.9 Å². The SMILES string of the molecule is COc1ccccc1COC(=O)c1cc(OC)c(OC)c(OC)c1[N+](=O)[O-]. The van der Waals surface area contributed by atoms with Crippen molar-refractivity contribution in [2.24, 2.45) is 0 Å². The van der Waals surface area contributed by atoms with E-state index < -0.39 is 16.6 Å². The van der Waals surface area contributed by atoms with Crippen LogP contribution in [0.25, 0.3) is 0 Å². The van der Waals surface area contributed by atoms with E-state index >= 15 is 0 Å². The van der Waals surface area contributed by atoms with E-state index in [9.17, 15) is 14.9 Å². The van der Waals surface area contributed by atoms with E-state index in [1.165, 1.54) is 34.5 Å². The van der Waals surface area contributed by atoms with Crippen molar-refractivity contribution in [1.29, 1.82) is 0 Å². The molecule has 0 heterocycles. The minimum atomic E-state index is -0.910. The summed E-state index contributed by atoms with van der Waals surface area (Å²) in [4.78, 5) is 23.4. The molecule has 2 aromatic rings. The van der Waals surface area contributed by atoms with Gasteiger partial charge in [-0.15, -0.1) is 0 Å². The number of nitrogens with zero attached hydrogens (tertiary/aromatic N) is 1. The number of benzene rings is 2. The topological polar surface area (TPSA) is 106 Å². The normalized spacial score (nSPS) is 10.1. The first-order chi connectivity index (χ1) is 13.0. The van der Waals surface area contributed by atoms with Crippen molar-refractivity contribution in [1.82, 2.24) is 0 Å². The third-order valence-corrected chi connectivity index (χ3v) is 3.76. The molecule has 0 aliphatic heterocycles. The number of ether oxygens (including phenoxy) is 5. The molecule has 144 valence electrons. The summed E-state index contributed by atoms with van der Waals surface area (Å²) in [6.45, 7) is -0.128. The number of carbonyl (C=O) groups is 1. The summed E-state index contributed by atoms with van der Waals surface area (Å²) in [5.74, 6) is -0.500. The first kappa shape index (κ1) is 19.8. The predicted molar refractivity (Wildman–Crippen MR) is 94.9 cm³/mol. The van der Waals surface area contributed by atoms with Crippen molar-refractivity contribution < 1.29 is 33.4 Å². The summed E-state index contributed by atoms with van der Waals surface area (Å²) in [7, 11) is 5.37. The number of hydrogen-bond donors (Lipinski definition) is 0. The van der Waals surface area contributed by atoms with Gasteiger partial charge in [-0.2, -0.15) is 0 Å². The first-order valence-electron chi connectivity index (χ1n) is 7.74. The molecule has 0 saturated carbocycles. The molecule has 0 unspecified atom stereocenters. The highest BCUT2D eigenvalue weighted by molar-refractivity contribution is 5.97. The van der Waals surface area contributed by atoms with Crippen LogP contribution in [0.3, 0.4) is 0 Å². The molecule has 0 fully saturated rings. The van der Waals surface area contributed by atoms with Crippen LogP contribution in [0.4, 0.5) is 5.69 Å². The Morgan fingerprint density at radius 2 is 1.59 bits per heavy atom. The monoisotopic (exact) mass is 377 g/mol. The number of rotatable bonds is 8. The molecule has 0 aliphatic carbocycles. The Balaban J connectivity index is 2.44. The summed E-state index contributed by atoms with van der Waals surface area (Å²) in [5, 5.41) is 11.5. The van der Waals surface area contributed by atoms with E-state index in [4.69, 9.17) is 23.7 Å². The van der Waals surface area contributed by atoms with Gasteiger partial charge < -0.3 is 23.7 Å². The molecule has 0 spiro atoms. The minimum Gasteiger partial charge on any atom is -0.496 e. The fourth-order valence-corrected chi connectivity index (χ4v) is 2.52. The zero-order chi connectivity index (χ0) is 20.0. The van der Waals surface area contributed by atoms with Crippen LogP contribution in [0.1, 0.15) is 15.9 Å². The standard InChI is InChI=1S/C18H19NO8/c1-23-13-8-6-5-7-11(13)10-27-18(20)12-9-14(24-2)16(25-3)17(26-4)15(12)19(21)22/h5-9H,10H2,1-4H3. The zero-order valence-corrected chi connectivity index (χ0v) is 15.3. The average Bonchev–Trinajstić information content (AvgIpc) is 2.69. The Kier molecular flexibility index (Phi) is 6.42. The Hall–Kier alpha value is -3.49. The minimum absolute atomic E-state index is 0.00739. The molecule has 2 aromatic carbocycles. The molecule has 9 nitrogen and oxygen atoms in total. The van der Waals surface area contributed by atoms with Gasteiger partial charge in [-0.3, -0.25) is 10.1 Å². The summed E-state index contributed by atoms with van der Waals surface area (Å²) in [6, 6.07) is 8.15. The van der Waals surface area contributed by atoms with E-state index in [0.29, 0.717) is 11.3 Å². The molecule has 0 aliphatic rings. The van der Waals surface area contributed by atoms with Gasteiger partial charge in [0.05, 0.1) is 33.4 Å². The van der Waals surface area contributed by atoms with Gasteiger partial charge in [0, 0.05) is 11.6 Å². The average molecular weight is 377 g/mol. The molecule has 0 radical (unpaired) electrons. The Bertz CT molecular complexity index is 849. The van der Waals surface area contributed by atoms with Crippen molar-refractivity contribution in [2.45, 2.75) is 6.61 Å². The molecule has 0 aromatic heterocycles. The number of nitro benzene ring substituents is 1. The lowest BCUT2D eigenvalue weighted by atomic mass is 10.1. The zero-order valence-electron chi connectivity index (χ0n) is 15.3. The maximum atomic E-state index is 12.6. The van der Waals surface area contributed by atoms with Gasteiger partial charge >= 0.3 is 11.7 Å². The number of carbonyl (C=O) groups excluding carboxylic acids is 1. The van der Waals surface area contributed by atoms with Crippen molar-refractivity contribution in [3.05, 3.63) is 51.6 Å². The van der Waals surface area contributed by atoms with Crippen LogP contribution in [0, 0.1) is 10.1 Å². The van der Waals surface area contributed by atoms with Gasteiger partial charge in [0.1, 0.15) is 17.9 Å². The molecule has 2 rings (SSSR count). The lowest BCUT2D eigenvalue weighted by Crippen LogP contribution is -2.11. The second kappa shape index (κ2) is 8.75. The molecule has 0 bridgehead atoms. The van der Waals surface area contributed by atoms with Crippen LogP contribution in [0.15, 0.2) is 30.3 Å². The highest BCUT2D eigenvalue weighted by Gasteiger charge is 2.33. The van der Waals surface area contributed by atoms with Crippen LogP contribution in [-0.4, -0.2) is 39.3 Å². The molecule has 0 atom stereocenters. The first-order valence-corrected chi connectivity index (χ1v) is 7.74. The van der Waals surface area contributed by atoms with Crippen LogP contribution in [-0.2, 0) is 11.3 Å². The van der Waals surface area contributed by atoms with Gasteiger partial charge in [0.25, 0.3) is 0 Å². The van der Waals surface area contributed by atoms with Crippen LogP contribution >= 0.6 is 0 Å². The number of para-hydroxylation sites is 1. The number of methoxy groups -OCH3 is 4. The molecule has 9 heteroatoms. The number of hydrogen-bond acceptors (Lipinski definition) is 8. The van der Waals surface area contributed by atoms with Gasteiger partial charge in [0.2, 0.25) is 11.5 Å². The Morgan fingerprint density at radius 1 is 0.963 bits per heavy atom. The van der Waals surface area contributed by atoms with Crippen molar-refractivity contribution in [3.8, 4) is 23.0 Å². The van der Waals surface area contributed by atoms with Crippen molar-refractivity contribution >= 4 is 11.7 Å². The third kappa shape index (κ3) is 4.02. The summed E-state index contributed by atoms with van der Waals surface area (Å²) < 4.78 is 25.8. The van der Waals surface area contributed by atoms with Gasteiger partial charge in [-0.05, 0) is 6.07 Å². The molecule has 27 heavy (non-hydrogen) atoms. The van der Waals surface area contributed by atoms with Gasteiger partial charge in [0.15, 0.2) is 5.75 Å². The van der Waals surface area contributed by atoms with Crippen LogP contribution in [0.2, 0.25) is 0 Å². The number of nitro groups is 1. The maximum Gasteiger partial charge on any atom is 0.345 e. The molecule has 0 saturated heterocycles. The van der Waals surface area contributed by atoms with E-state index in [2.05, 4.69) is 0 Å². The maximum absolute atomic E-state index is 12.6. The number of esters is 1. The van der Waals surface area contributed by atoms with E-state index in [1.54, 1.807) is 24.3 Å². The van der Waals surface area contributed by atoms with Crippen molar-refractivity contribution in [3.63, 3.8) is 0 Å². The molecule has 0 N–H and O–H groups in total.